The van der Waals surface area contributed by atoms with Crippen molar-refractivity contribution in [3.8, 4) is 11.3 Å². The maximum Gasteiger partial charge on any atom is 0.223 e. The first-order valence-electron chi connectivity index (χ1n) is 10.6. The van der Waals surface area contributed by atoms with Crippen molar-refractivity contribution in [1.29, 1.82) is 0 Å². The summed E-state index contributed by atoms with van der Waals surface area (Å²) >= 11 is 0. The molecule has 0 atom stereocenters. The van der Waals surface area contributed by atoms with Crippen molar-refractivity contribution in [1.82, 2.24) is 19.3 Å². The molecule has 1 aromatic carbocycles. The Morgan fingerprint density at radius 1 is 1.15 bits per heavy atom. The lowest BCUT2D eigenvalue weighted by molar-refractivity contribution is 0.331. The van der Waals surface area contributed by atoms with Crippen LogP contribution >= 0.6 is 0 Å². The molecule has 1 aliphatic heterocycles. The number of nitrogens with zero attached hydrogens (tertiary/aromatic N) is 4. The molecule has 4 rings (SSSR count). The molecule has 176 valence electrons. The van der Waals surface area contributed by atoms with Gasteiger partial charge in [-0.05, 0) is 50.5 Å². The van der Waals surface area contributed by atoms with Gasteiger partial charge in [-0.1, -0.05) is 0 Å². The summed E-state index contributed by atoms with van der Waals surface area (Å²) in [4.78, 5) is 12.4. The van der Waals surface area contributed by atoms with Crippen LogP contribution in [0.1, 0.15) is 32.3 Å². The van der Waals surface area contributed by atoms with Gasteiger partial charge in [-0.15, -0.1) is 0 Å². The van der Waals surface area contributed by atoms with Crippen molar-refractivity contribution in [3.05, 3.63) is 47.8 Å². The quantitative estimate of drug-likeness (QED) is 0.582. The Balaban J connectivity index is 1.66. The number of pyridine rings is 1. The number of anilines is 1. The number of benzene rings is 1. The smallest absolute Gasteiger partial charge is 0.223 e. The number of aromatic nitrogens is 3. The van der Waals surface area contributed by atoms with E-state index in [4.69, 9.17) is 5.73 Å². The fraction of sp³-hybridized carbons (Fsp3) is 0.409. The van der Waals surface area contributed by atoms with Crippen LogP contribution in [0.15, 0.2) is 30.6 Å². The van der Waals surface area contributed by atoms with Crippen molar-refractivity contribution in [3.63, 3.8) is 0 Å². The van der Waals surface area contributed by atoms with Gasteiger partial charge < -0.3 is 11.1 Å². The zero-order valence-electron chi connectivity index (χ0n) is 18.6. The molecule has 0 radical (unpaired) electrons. The van der Waals surface area contributed by atoms with E-state index in [1.54, 1.807) is 26.0 Å². The molecular weight excluding hydrogens is 450 g/mol. The molecule has 0 amide bonds. The minimum Gasteiger partial charge on any atom is -0.351 e. The third kappa shape index (κ3) is 4.94. The van der Waals surface area contributed by atoms with E-state index in [-0.39, 0.29) is 28.8 Å². The number of fused-ring (bicyclic) bond motifs is 1. The van der Waals surface area contributed by atoms with E-state index < -0.39 is 27.2 Å². The minimum absolute atomic E-state index is 0.0495. The molecule has 3 heterocycles. The van der Waals surface area contributed by atoms with Crippen molar-refractivity contribution in [2.24, 2.45) is 5.73 Å². The van der Waals surface area contributed by atoms with Gasteiger partial charge in [0.15, 0.2) is 5.82 Å². The fourth-order valence-electron chi connectivity index (χ4n) is 4.06. The highest BCUT2D eigenvalue weighted by Gasteiger charge is 2.26. The Hall–Kier alpha value is -2.76. The fourth-order valence-corrected chi connectivity index (χ4v) is 4.94. The van der Waals surface area contributed by atoms with Crippen LogP contribution in [-0.2, 0) is 15.6 Å². The van der Waals surface area contributed by atoms with E-state index in [2.05, 4.69) is 20.3 Å². The van der Waals surface area contributed by atoms with Crippen molar-refractivity contribution >= 4 is 26.9 Å². The zero-order chi connectivity index (χ0) is 24.0. The Morgan fingerprint density at radius 2 is 1.85 bits per heavy atom. The molecule has 11 heteroatoms. The molecule has 2 aromatic heterocycles. The second-order valence-electron chi connectivity index (χ2n) is 8.91. The molecular formula is C22H26F2N6O2S. The Morgan fingerprint density at radius 3 is 2.48 bits per heavy atom. The van der Waals surface area contributed by atoms with Crippen LogP contribution in [0.2, 0.25) is 0 Å². The summed E-state index contributed by atoms with van der Waals surface area (Å²) in [6.07, 6.45) is 4.85. The van der Waals surface area contributed by atoms with Gasteiger partial charge in [0.05, 0.1) is 12.5 Å². The number of nitrogens with one attached hydrogen (secondary N) is 1. The third-order valence-corrected chi connectivity index (χ3v) is 7.07. The molecule has 1 saturated heterocycles. The van der Waals surface area contributed by atoms with Crippen LogP contribution in [0.3, 0.4) is 0 Å². The second-order valence-corrected chi connectivity index (χ2v) is 10.9. The maximum absolute atomic E-state index is 14.9. The highest BCUT2D eigenvalue weighted by Crippen LogP contribution is 2.32. The molecule has 1 aliphatic rings. The molecule has 0 aliphatic carbocycles. The minimum atomic E-state index is -3.23. The van der Waals surface area contributed by atoms with Crippen LogP contribution < -0.4 is 11.1 Å². The summed E-state index contributed by atoms with van der Waals surface area (Å²) in [7, 11) is -3.23. The van der Waals surface area contributed by atoms with E-state index in [0.29, 0.717) is 36.9 Å². The van der Waals surface area contributed by atoms with Crippen LogP contribution in [0.4, 0.5) is 14.7 Å². The lowest BCUT2D eigenvalue weighted by Gasteiger charge is -2.30. The summed E-state index contributed by atoms with van der Waals surface area (Å²) in [6, 6.07) is 4.48. The monoisotopic (exact) mass is 476 g/mol. The van der Waals surface area contributed by atoms with Gasteiger partial charge in [0.1, 0.15) is 17.0 Å². The summed E-state index contributed by atoms with van der Waals surface area (Å²) in [5.41, 5.74) is 6.52. The van der Waals surface area contributed by atoms with Gasteiger partial charge in [0.2, 0.25) is 16.0 Å². The number of hydrogen-bond acceptors (Lipinski definition) is 7. The van der Waals surface area contributed by atoms with Crippen LogP contribution in [-0.4, -0.2) is 53.1 Å². The topological polar surface area (TPSA) is 114 Å². The van der Waals surface area contributed by atoms with Crippen molar-refractivity contribution < 1.29 is 17.2 Å². The summed E-state index contributed by atoms with van der Waals surface area (Å²) < 4.78 is 54.4. The number of halogens is 2. The van der Waals surface area contributed by atoms with Gasteiger partial charge in [-0.3, -0.25) is 4.98 Å². The third-order valence-electron chi connectivity index (χ3n) is 5.77. The van der Waals surface area contributed by atoms with Gasteiger partial charge in [-0.25, -0.2) is 31.5 Å². The van der Waals surface area contributed by atoms with Crippen molar-refractivity contribution in [2.45, 2.75) is 38.3 Å². The number of nitrogens with two attached hydrogens (primary N) is 1. The normalized spacial score (nSPS) is 16.3. The van der Waals surface area contributed by atoms with Crippen LogP contribution in [0.5, 0.6) is 0 Å². The summed E-state index contributed by atoms with van der Waals surface area (Å²) in [5.74, 6) is -1.10. The number of sulfonamides is 1. The molecule has 3 N–H and O–H groups in total. The molecule has 0 bridgehead atoms. The molecule has 0 unspecified atom stereocenters. The largest absolute Gasteiger partial charge is 0.351 e. The average molecular weight is 477 g/mol. The second kappa shape index (κ2) is 8.54. The van der Waals surface area contributed by atoms with Gasteiger partial charge in [-0.2, -0.15) is 0 Å². The van der Waals surface area contributed by atoms with E-state index in [9.17, 15) is 17.2 Å². The Kier molecular flexibility index (Phi) is 6.06. The molecule has 0 spiro atoms. The number of hydrogen-bond donors (Lipinski definition) is 2. The van der Waals surface area contributed by atoms with Gasteiger partial charge >= 0.3 is 0 Å². The molecule has 8 nitrogen and oxygen atoms in total. The Labute approximate surface area is 191 Å². The average Bonchev–Trinajstić information content (AvgIpc) is 2.74. The predicted octanol–water partition coefficient (Wildman–Crippen LogP) is 3.00. The van der Waals surface area contributed by atoms with E-state index >= 15 is 0 Å². The highest BCUT2D eigenvalue weighted by molar-refractivity contribution is 7.88. The first-order valence-corrected chi connectivity index (χ1v) is 12.4. The van der Waals surface area contributed by atoms with Gasteiger partial charge in [0.25, 0.3) is 0 Å². The first-order chi connectivity index (χ1) is 15.4. The molecule has 3 aromatic rings. The lowest BCUT2D eigenvalue weighted by Crippen LogP contribution is -2.42. The molecule has 33 heavy (non-hydrogen) atoms. The predicted molar refractivity (Wildman–Crippen MR) is 123 cm³/mol. The molecule has 1 fully saturated rings. The molecule has 0 saturated carbocycles. The van der Waals surface area contributed by atoms with Gasteiger partial charge in [0, 0.05) is 41.8 Å². The van der Waals surface area contributed by atoms with Crippen LogP contribution in [0.25, 0.3) is 22.2 Å². The van der Waals surface area contributed by atoms with Crippen LogP contribution in [0, 0.1) is 11.6 Å². The highest BCUT2D eigenvalue weighted by atomic mass is 32.2. The summed E-state index contributed by atoms with van der Waals surface area (Å²) in [6.45, 7) is 4.36. The SMILES string of the molecule is CC(C)(N)c1ccnc2c(F)cc(-c3nc(NC4CCN(S(C)(=O)=O)CC4)ncc3F)cc12. The summed E-state index contributed by atoms with van der Waals surface area (Å²) in [5, 5.41) is 3.63. The Bertz CT molecular complexity index is 1300. The van der Waals surface area contributed by atoms with E-state index in [0.717, 1.165) is 6.20 Å². The van der Waals surface area contributed by atoms with E-state index in [1.807, 2.05) is 0 Å². The maximum atomic E-state index is 14.9. The standard InChI is InChI=1S/C22H26F2N6O2S/c1-22(2,25)16-4-7-26-20-15(16)10-13(11-17(20)23)19-18(24)12-27-21(29-19)28-14-5-8-30(9-6-14)33(3,31)32/h4,7,10-12,14H,5-6,8-9,25H2,1-3H3,(H,27,28,29). The van der Waals surface area contributed by atoms with Crippen molar-refractivity contribution in [2.75, 3.05) is 24.7 Å². The number of piperidine rings is 1. The lowest BCUT2D eigenvalue weighted by atomic mass is 9.91. The number of rotatable bonds is 5. The van der Waals surface area contributed by atoms with E-state index in [1.165, 1.54) is 22.8 Å². The first kappa shape index (κ1) is 23.4. The zero-order valence-corrected chi connectivity index (χ0v) is 19.5.